The number of fused-ring (bicyclic) bond motifs is 1. The van der Waals surface area contributed by atoms with Gasteiger partial charge in [-0.2, -0.15) is 0 Å². The first kappa shape index (κ1) is 18.3. The van der Waals surface area contributed by atoms with Gasteiger partial charge in [0.05, 0.1) is 0 Å². The average Bonchev–Trinajstić information content (AvgIpc) is 2.96. The van der Waals surface area contributed by atoms with Gasteiger partial charge in [-0.15, -0.1) is 0 Å². The fourth-order valence-electron chi connectivity index (χ4n) is 3.23. The number of rotatable bonds is 5. The first-order chi connectivity index (χ1) is 12.5. The lowest BCUT2D eigenvalue weighted by Gasteiger charge is -2.33. The number of thiocarbonyl (C=S) groups is 1. The topological polar surface area (TPSA) is 54.3 Å². The maximum atomic E-state index is 12.9. The van der Waals surface area contributed by atoms with Gasteiger partial charge in [-0.3, -0.25) is 19.8 Å². The van der Waals surface area contributed by atoms with E-state index in [1.807, 2.05) is 38.2 Å². The summed E-state index contributed by atoms with van der Waals surface area (Å²) in [5.41, 5.74) is 2.09. The zero-order valence-corrected chi connectivity index (χ0v) is 16.1. The quantitative estimate of drug-likeness (QED) is 0.499. The molecule has 3 rings (SSSR count). The molecule has 2 amide bonds. The molecule has 0 unspecified atom stereocenters. The first-order valence-corrected chi connectivity index (χ1v) is 9.37. The number of carbonyl (C=O) groups excluding carboxylic acids is 2. The SMILES string of the molecule is CCCn1cc(/C=C2/C(=O)NC(=S)N([C@@H](C)CC)C2=O)c2ccccc21. The van der Waals surface area contributed by atoms with E-state index in [0.29, 0.717) is 0 Å². The molecule has 136 valence electrons. The Labute approximate surface area is 158 Å². The fraction of sp³-hybridized carbons (Fsp3) is 0.350. The van der Waals surface area contributed by atoms with Crippen molar-refractivity contribution in [3.8, 4) is 0 Å². The number of aryl methyl sites for hydroxylation is 1. The Bertz CT molecular complexity index is 913. The molecule has 0 bridgehead atoms. The van der Waals surface area contributed by atoms with Gasteiger partial charge in [0.1, 0.15) is 5.57 Å². The third kappa shape index (κ3) is 3.17. The Morgan fingerprint density at radius 2 is 1.96 bits per heavy atom. The van der Waals surface area contributed by atoms with Gasteiger partial charge in [0, 0.05) is 35.2 Å². The van der Waals surface area contributed by atoms with Crippen molar-refractivity contribution >= 4 is 46.1 Å². The molecule has 6 heteroatoms. The van der Waals surface area contributed by atoms with Crippen LogP contribution in [0.15, 0.2) is 36.0 Å². The summed E-state index contributed by atoms with van der Waals surface area (Å²) in [6, 6.07) is 7.95. The lowest BCUT2D eigenvalue weighted by Crippen LogP contribution is -2.56. The van der Waals surface area contributed by atoms with Crippen LogP contribution in [0.4, 0.5) is 0 Å². The van der Waals surface area contributed by atoms with E-state index in [4.69, 9.17) is 12.2 Å². The predicted molar refractivity (Wildman–Crippen MR) is 108 cm³/mol. The summed E-state index contributed by atoms with van der Waals surface area (Å²) in [6.45, 7) is 6.91. The molecular formula is C20H23N3O2S. The van der Waals surface area contributed by atoms with Gasteiger partial charge in [0.25, 0.3) is 11.8 Å². The molecule has 0 aliphatic carbocycles. The first-order valence-electron chi connectivity index (χ1n) is 8.96. The molecule has 5 nitrogen and oxygen atoms in total. The Morgan fingerprint density at radius 3 is 2.65 bits per heavy atom. The number of amides is 2. The molecule has 1 atom stereocenters. The monoisotopic (exact) mass is 369 g/mol. The second kappa shape index (κ2) is 7.41. The van der Waals surface area contributed by atoms with Crippen molar-refractivity contribution < 1.29 is 9.59 Å². The molecule has 0 radical (unpaired) electrons. The third-order valence-corrected chi connectivity index (χ3v) is 5.05. The molecule has 1 aliphatic rings. The van der Waals surface area contributed by atoms with Crippen LogP contribution in [0.2, 0.25) is 0 Å². The van der Waals surface area contributed by atoms with Gasteiger partial charge < -0.3 is 4.57 Å². The van der Waals surface area contributed by atoms with E-state index in [1.54, 1.807) is 6.08 Å². The molecule has 1 aromatic heterocycles. The van der Waals surface area contributed by atoms with Crippen LogP contribution in [0.3, 0.4) is 0 Å². The van der Waals surface area contributed by atoms with Crippen LogP contribution < -0.4 is 5.32 Å². The smallest absolute Gasteiger partial charge is 0.265 e. The molecule has 1 N–H and O–H groups in total. The number of aromatic nitrogens is 1. The number of para-hydroxylation sites is 1. The average molecular weight is 369 g/mol. The molecule has 1 aliphatic heterocycles. The number of nitrogens with one attached hydrogen (secondary N) is 1. The highest BCUT2D eigenvalue weighted by Gasteiger charge is 2.35. The van der Waals surface area contributed by atoms with Crippen molar-refractivity contribution in [3.05, 3.63) is 41.6 Å². The zero-order chi connectivity index (χ0) is 18.8. The maximum absolute atomic E-state index is 12.9. The van der Waals surface area contributed by atoms with Gasteiger partial charge in [0.2, 0.25) is 0 Å². The van der Waals surface area contributed by atoms with E-state index in [2.05, 4.69) is 22.9 Å². The molecule has 1 fully saturated rings. The number of hydrogen-bond donors (Lipinski definition) is 1. The zero-order valence-electron chi connectivity index (χ0n) is 15.3. The molecular weight excluding hydrogens is 346 g/mol. The Morgan fingerprint density at radius 1 is 1.23 bits per heavy atom. The maximum Gasteiger partial charge on any atom is 0.265 e. The fourth-order valence-corrected chi connectivity index (χ4v) is 3.58. The highest BCUT2D eigenvalue weighted by molar-refractivity contribution is 7.80. The summed E-state index contributed by atoms with van der Waals surface area (Å²) in [5.74, 6) is -0.771. The summed E-state index contributed by atoms with van der Waals surface area (Å²) in [7, 11) is 0. The summed E-state index contributed by atoms with van der Waals surface area (Å²) in [6.07, 6.45) is 5.44. The Hall–Kier alpha value is -2.47. The van der Waals surface area contributed by atoms with Crippen LogP contribution in [-0.2, 0) is 16.1 Å². The number of carbonyl (C=O) groups is 2. The van der Waals surface area contributed by atoms with Crippen molar-refractivity contribution in [2.75, 3.05) is 0 Å². The molecule has 1 saturated heterocycles. The second-order valence-electron chi connectivity index (χ2n) is 6.54. The van der Waals surface area contributed by atoms with E-state index in [-0.39, 0.29) is 22.6 Å². The molecule has 26 heavy (non-hydrogen) atoms. The van der Waals surface area contributed by atoms with Crippen LogP contribution in [0, 0.1) is 0 Å². The summed E-state index contributed by atoms with van der Waals surface area (Å²) in [5, 5.41) is 3.85. The standard InChI is InChI=1S/C20H23N3O2S/c1-4-10-22-12-14(15-8-6-7-9-17(15)22)11-16-18(24)21-20(26)23(19(16)25)13(3)5-2/h6-9,11-13H,4-5,10H2,1-3H3,(H,21,24,26)/b16-11-/t13-/m0/s1. The number of nitrogens with zero attached hydrogens (tertiary/aromatic N) is 2. The van der Waals surface area contributed by atoms with Crippen LogP contribution >= 0.6 is 12.2 Å². The van der Waals surface area contributed by atoms with Crippen molar-refractivity contribution in [3.63, 3.8) is 0 Å². The third-order valence-electron chi connectivity index (χ3n) is 4.75. The highest BCUT2D eigenvalue weighted by atomic mass is 32.1. The van der Waals surface area contributed by atoms with Crippen molar-refractivity contribution in [1.82, 2.24) is 14.8 Å². The second-order valence-corrected chi connectivity index (χ2v) is 6.93. The minimum Gasteiger partial charge on any atom is -0.347 e. The van der Waals surface area contributed by atoms with Crippen molar-refractivity contribution in [2.45, 2.75) is 46.2 Å². The van der Waals surface area contributed by atoms with Crippen LogP contribution in [0.25, 0.3) is 17.0 Å². The van der Waals surface area contributed by atoms with Crippen LogP contribution in [0.1, 0.15) is 39.2 Å². The highest BCUT2D eigenvalue weighted by Crippen LogP contribution is 2.25. The minimum atomic E-state index is -0.438. The largest absolute Gasteiger partial charge is 0.347 e. The summed E-state index contributed by atoms with van der Waals surface area (Å²) >= 11 is 5.20. The molecule has 2 aromatic rings. The van der Waals surface area contributed by atoms with Crippen molar-refractivity contribution in [1.29, 1.82) is 0 Å². The Balaban J connectivity index is 2.08. The van der Waals surface area contributed by atoms with Crippen LogP contribution in [0.5, 0.6) is 0 Å². The van der Waals surface area contributed by atoms with Gasteiger partial charge in [-0.25, -0.2) is 0 Å². The van der Waals surface area contributed by atoms with Crippen molar-refractivity contribution in [2.24, 2.45) is 0 Å². The molecule has 0 spiro atoms. The van der Waals surface area contributed by atoms with Gasteiger partial charge in [-0.05, 0) is 44.1 Å². The number of benzene rings is 1. The predicted octanol–water partition coefficient (Wildman–Crippen LogP) is 3.48. The van der Waals surface area contributed by atoms with E-state index in [1.165, 1.54) is 4.90 Å². The van der Waals surface area contributed by atoms with Crippen LogP contribution in [-0.4, -0.2) is 32.4 Å². The van der Waals surface area contributed by atoms with E-state index >= 15 is 0 Å². The molecule has 0 saturated carbocycles. The lowest BCUT2D eigenvalue weighted by molar-refractivity contribution is -0.130. The minimum absolute atomic E-state index is 0.0690. The lowest BCUT2D eigenvalue weighted by atomic mass is 10.1. The van der Waals surface area contributed by atoms with Gasteiger partial charge >= 0.3 is 0 Å². The summed E-state index contributed by atoms with van der Waals surface area (Å²) in [4.78, 5) is 26.8. The van der Waals surface area contributed by atoms with E-state index in [9.17, 15) is 9.59 Å². The Kier molecular flexibility index (Phi) is 5.23. The van der Waals surface area contributed by atoms with E-state index in [0.717, 1.165) is 35.9 Å². The molecule has 2 heterocycles. The van der Waals surface area contributed by atoms with E-state index < -0.39 is 5.91 Å². The molecule has 1 aromatic carbocycles. The summed E-state index contributed by atoms with van der Waals surface area (Å²) < 4.78 is 2.16. The van der Waals surface area contributed by atoms with Gasteiger partial charge in [-0.1, -0.05) is 32.0 Å². The van der Waals surface area contributed by atoms with Gasteiger partial charge in [0.15, 0.2) is 5.11 Å². The number of hydrogen-bond acceptors (Lipinski definition) is 3. The normalized spacial score (nSPS) is 17.9.